The molecule has 2 aliphatic carbocycles. The van der Waals surface area contributed by atoms with Gasteiger partial charge in [-0.2, -0.15) is 0 Å². The van der Waals surface area contributed by atoms with Crippen LogP contribution < -0.4 is 0 Å². The lowest BCUT2D eigenvalue weighted by atomic mass is 9.89. The molecule has 2 heteroatoms. The molecule has 0 heterocycles. The summed E-state index contributed by atoms with van der Waals surface area (Å²) in [5.74, 6) is -0.635. The molecule has 0 aromatic rings. The van der Waals surface area contributed by atoms with E-state index in [0.29, 0.717) is 0 Å². The maximum Gasteiger partial charge on any atom is 0.328 e. The van der Waals surface area contributed by atoms with Crippen LogP contribution in [-0.2, 0) is 4.79 Å². The molecule has 0 fully saturated rings. The van der Waals surface area contributed by atoms with E-state index in [9.17, 15) is 4.79 Å². The van der Waals surface area contributed by atoms with Gasteiger partial charge in [-0.15, -0.1) is 0 Å². The fourth-order valence-electron chi connectivity index (χ4n) is 1.87. The zero-order chi connectivity index (χ0) is 10.7. The van der Waals surface area contributed by atoms with E-state index in [1.54, 1.807) is 0 Å². The number of aliphatic carboxylic acids is 1. The van der Waals surface area contributed by atoms with Crippen molar-refractivity contribution in [2.75, 3.05) is 0 Å². The Bertz CT molecular complexity index is 354. The molecule has 0 aromatic heterocycles. The number of hydrogen-bond acceptors (Lipinski definition) is 1. The van der Waals surface area contributed by atoms with Crippen LogP contribution in [-0.4, -0.2) is 11.1 Å². The quantitative estimate of drug-likeness (QED) is 0.710. The van der Waals surface area contributed by atoms with Crippen molar-refractivity contribution in [1.29, 1.82) is 0 Å². The van der Waals surface area contributed by atoms with Crippen LogP contribution in [0.15, 0.2) is 60.3 Å². The van der Waals surface area contributed by atoms with Gasteiger partial charge in [0, 0.05) is 17.9 Å². The normalized spacial score (nSPS) is 18.9. The van der Waals surface area contributed by atoms with Crippen molar-refractivity contribution < 1.29 is 9.90 Å². The molecule has 0 bridgehead atoms. The summed E-state index contributed by atoms with van der Waals surface area (Å²) in [6, 6.07) is 0. The second-order valence-corrected chi connectivity index (χ2v) is 3.57. The molecule has 1 N–H and O–H groups in total. The lowest BCUT2D eigenvalue weighted by Crippen LogP contribution is -2.07. The van der Waals surface area contributed by atoms with Crippen molar-refractivity contribution in [2.45, 2.75) is 0 Å². The van der Waals surface area contributed by atoms with E-state index in [0.717, 1.165) is 5.57 Å². The molecule has 0 aromatic carbocycles. The van der Waals surface area contributed by atoms with Gasteiger partial charge in [0.2, 0.25) is 0 Å². The van der Waals surface area contributed by atoms with Crippen LogP contribution in [0, 0.1) is 11.8 Å². The van der Waals surface area contributed by atoms with E-state index in [1.807, 2.05) is 48.6 Å². The Kier molecular flexibility index (Phi) is 2.68. The van der Waals surface area contributed by atoms with Crippen molar-refractivity contribution in [2.24, 2.45) is 11.8 Å². The molecule has 0 radical (unpaired) electrons. The molecule has 76 valence electrons. The fraction of sp³-hybridized carbons (Fsp3) is 0.154. The highest BCUT2D eigenvalue weighted by molar-refractivity contribution is 5.81. The molecule has 0 atom stereocenters. The number of carboxylic acids is 1. The predicted octanol–water partition coefficient (Wildman–Crippen LogP) is 2.48. The van der Waals surface area contributed by atoms with Crippen LogP contribution in [0.2, 0.25) is 0 Å². The minimum Gasteiger partial charge on any atom is -0.478 e. The Morgan fingerprint density at radius 3 is 1.67 bits per heavy atom. The van der Waals surface area contributed by atoms with Gasteiger partial charge < -0.3 is 5.11 Å². The Labute approximate surface area is 88.6 Å². The van der Waals surface area contributed by atoms with Gasteiger partial charge in [0.25, 0.3) is 0 Å². The SMILES string of the molecule is O=C(O)C=C(C1C=CC=C1)C1C=CC=C1. The largest absolute Gasteiger partial charge is 0.478 e. The molecule has 0 unspecified atom stereocenters. The summed E-state index contributed by atoms with van der Waals surface area (Å²) in [6.45, 7) is 0. The van der Waals surface area contributed by atoms with Crippen LogP contribution in [0.1, 0.15) is 0 Å². The summed E-state index contributed by atoms with van der Waals surface area (Å²) in [5.41, 5.74) is 0.914. The average Bonchev–Trinajstić information content (AvgIpc) is 2.87. The predicted molar refractivity (Wildman–Crippen MR) is 59.3 cm³/mol. The van der Waals surface area contributed by atoms with Crippen molar-refractivity contribution in [3.63, 3.8) is 0 Å². The zero-order valence-electron chi connectivity index (χ0n) is 8.21. The van der Waals surface area contributed by atoms with Crippen LogP contribution in [0.25, 0.3) is 0 Å². The third-order valence-corrected chi connectivity index (χ3v) is 2.56. The van der Waals surface area contributed by atoms with E-state index in [-0.39, 0.29) is 11.8 Å². The minimum atomic E-state index is -0.882. The van der Waals surface area contributed by atoms with Crippen molar-refractivity contribution in [1.82, 2.24) is 0 Å². The highest BCUT2D eigenvalue weighted by Crippen LogP contribution is 2.29. The first-order valence-corrected chi connectivity index (χ1v) is 4.92. The topological polar surface area (TPSA) is 37.3 Å². The number of carbonyl (C=O) groups is 1. The lowest BCUT2D eigenvalue weighted by molar-refractivity contribution is -0.131. The van der Waals surface area contributed by atoms with Gasteiger partial charge in [0.1, 0.15) is 0 Å². The van der Waals surface area contributed by atoms with E-state index >= 15 is 0 Å². The number of hydrogen-bond donors (Lipinski definition) is 1. The molecule has 0 saturated heterocycles. The lowest BCUT2D eigenvalue weighted by Gasteiger charge is -2.15. The highest BCUT2D eigenvalue weighted by Gasteiger charge is 2.19. The van der Waals surface area contributed by atoms with E-state index in [4.69, 9.17) is 5.11 Å². The molecule has 2 rings (SSSR count). The van der Waals surface area contributed by atoms with Crippen molar-refractivity contribution in [3.05, 3.63) is 60.3 Å². The number of rotatable bonds is 3. The fourth-order valence-corrected chi connectivity index (χ4v) is 1.87. The van der Waals surface area contributed by atoms with Crippen LogP contribution in [0.5, 0.6) is 0 Å². The first-order valence-electron chi connectivity index (χ1n) is 4.92. The Morgan fingerprint density at radius 1 is 0.933 bits per heavy atom. The van der Waals surface area contributed by atoms with E-state index in [2.05, 4.69) is 0 Å². The summed E-state index contributed by atoms with van der Waals surface area (Å²) >= 11 is 0. The van der Waals surface area contributed by atoms with Gasteiger partial charge in [-0.25, -0.2) is 4.79 Å². The Morgan fingerprint density at radius 2 is 1.33 bits per heavy atom. The van der Waals surface area contributed by atoms with Gasteiger partial charge in [-0.05, 0) is 5.57 Å². The maximum absolute atomic E-state index is 10.8. The summed E-state index contributed by atoms with van der Waals surface area (Å²) < 4.78 is 0. The standard InChI is InChI=1S/C13H12O2/c14-13(15)9-12(10-5-1-2-6-10)11-7-3-4-8-11/h1-11H,(H,14,15). The minimum absolute atomic E-state index is 0.124. The van der Waals surface area contributed by atoms with E-state index in [1.165, 1.54) is 6.08 Å². The van der Waals surface area contributed by atoms with Crippen LogP contribution in [0.4, 0.5) is 0 Å². The van der Waals surface area contributed by atoms with Crippen molar-refractivity contribution in [3.8, 4) is 0 Å². The molecule has 0 saturated carbocycles. The van der Waals surface area contributed by atoms with Crippen LogP contribution >= 0.6 is 0 Å². The zero-order valence-corrected chi connectivity index (χ0v) is 8.21. The third-order valence-electron chi connectivity index (χ3n) is 2.56. The molecule has 0 spiro atoms. The second kappa shape index (κ2) is 4.13. The monoisotopic (exact) mass is 200 g/mol. The summed E-state index contributed by atoms with van der Waals surface area (Å²) in [6.07, 6.45) is 17.1. The second-order valence-electron chi connectivity index (χ2n) is 3.57. The van der Waals surface area contributed by atoms with Gasteiger partial charge in [-0.3, -0.25) is 0 Å². The molecule has 0 amide bonds. The molecule has 0 aliphatic heterocycles. The van der Waals surface area contributed by atoms with E-state index < -0.39 is 5.97 Å². The Balaban J connectivity index is 2.27. The molecule has 15 heavy (non-hydrogen) atoms. The highest BCUT2D eigenvalue weighted by atomic mass is 16.4. The summed E-state index contributed by atoms with van der Waals surface area (Å²) in [4.78, 5) is 10.8. The first-order chi connectivity index (χ1) is 7.27. The molecule has 2 aliphatic rings. The van der Waals surface area contributed by atoms with Gasteiger partial charge >= 0.3 is 5.97 Å². The van der Waals surface area contributed by atoms with Gasteiger partial charge in [0.05, 0.1) is 0 Å². The summed E-state index contributed by atoms with van der Waals surface area (Å²) in [7, 11) is 0. The number of carboxylic acid groups (broad SMARTS) is 1. The number of allylic oxidation sites excluding steroid dienone is 9. The molecule has 2 nitrogen and oxygen atoms in total. The molecular weight excluding hydrogens is 188 g/mol. The maximum atomic E-state index is 10.8. The average molecular weight is 200 g/mol. The molecular formula is C13H12O2. The smallest absolute Gasteiger partial charge is 0.328 e. The van der Waals surface area contributed by atoms with Gasteiger partial charge in [0.15, 0.2) is 0 Å². The van der Waals surface area contributed by atoms with Crippen molar-refractivity contribution >= 4 is 5.97 Å². The third kappa shape index (κ3) is 2.15. The Hall–Kier alpha value is -1.83. The summed E-state index contributed by atoms with van der Waals surface area (Å²) in [5, 5.41) is 8.83. The first kappa shape index (κ1) is 9.71. The van der Waals surface area contributed by atoms with Crippen LogP contribution in [0.3, 0.4) is 0 Å². The van der Waals surface area contributed by atoms with Gasteiger partial charge in [-0.1, -0.05) is 48.6 Å².